The predicted octanol–water partition coefficient (Wildman–Crippen LogP) is -0.345. The van der Waals surface area contributed by atoms with Gasteiger partial charge in [0.05, 0.1) is 6.04 Å². The van der Waals surface area contributed by atoms with Gasteiger partial charge in [-0.3, -0.25) is 14.4 Å². The topological polar surface area (TPSA) is 57.7 Å². The van der Waals surface area contributed by atoms with Crippen LogP contribution in [0.1, 0.15) is 20.8 Å². The summed E-state index contributed by atoms with van der Waals surface area (Å²) in [7, 11) is 0. The molecule has 1 aliphatic rings. The van der Waals surface area contributed by atoms with E-state index in [9.17, 15) is 14.4 Å². The fourth-order valence-corrected chi connectivity index (χ4v) is 1.58. The minimum atomic E-state index is -0.564. The van der Waals surface area contributed by atoms with Crippen LogP contribution in [-0.2, 0) is 14.4 Å². The van der Waals surface area contributed by atoms with Crippen molar-refractivity contribution in [3.8, 4) is 0 Å². The Morgan fingerprint density at radius 2 is 1.93 bits per heavy atom. The first-order valence-corrected chi connectivity index (χ1v) is 5.09. The summed E-state index contributed by atoms with van der Waals surface area (Å²) < 4.78 is 0. The van der Waals surface area contributed by atoms with Gasteiger partial charge < -0.3 is 9.80 Å². The van der Waals surface area contributed by atoms with Gasteiger partial charge in [0, 0.05) is 19.6 Å². The van der Waals surface area contributed by atoms with Crippen LogP contribution in [0, 0.1) is 0 Å². The van der Waals surface area contributed by atoms with Gasteiger partial charge >= 0.3 is 11.8 Å². The number of Topliss-reactive ketones (excluding diaryl/α,β-unsaturated/α-hetero) is 1. The molecule has 1 aliphatic heterocycles. The molecule has 0 spiro atoms. The lowest BCUT2D eigenvalue weighted by Crippen LogP contribution is -2.57. The Labute approximate surface area is 89.0 Å². The highest BCUT2D eigenvalue weighted by molar-refractivity contribution is 6.35. The van der Waals surface area contributed by atoms with E-state index in [0.29, 0.717) is 19.6 Å². The van der Waals surface area contributed by atoms with Crippen molar-refractivity contribution in [3.05, 3.63) is 0 Å². The Morgan fingerprint density at radius 3 is 2.40 bits per heavy atom. The molecule has 0 bridgehead atoms. The summed E-state index contributed by atoms with van der Waals surface area (Å²) in [5.41, 5.74) is 0. The molecule has 84 valence electrons. The Bertz CT molecular complexity index is 301. The largest absolute Gasteiger partial charge is 0.333 e. The maximum Gasteiger partial charge on any atom is 0.312 e. The van der Waals surface area contributed by atoms with Gasteiger partial charge in [-0.15, -0.1) is 0 Å². The van der Waals surface area contributed by atoms with Crippen LogP contribution in [-0.4, -0.2) is 53.1 Å². The summed E-state index contributed by atoms with van der Waals surface area (Å²) in [6, 6.07) is -0.500. The second-order valence-electron chi connectivity index (χ2n) is 3.67. The molecule has 1 fully saturated rings. The molecule has 5 nitrogen and oxygen atoms in total. The Kier molecular flexibility index (Phi) is 3.44. The van der Waals surface area contributed by atoms with E-state index in [2.05, 4.69) is 0 Å². The third-order valence-electron chi connectivity index (χ3n) is 2.78. The lowest BCUT2D eigenvalue weighted by Gasteiger charge is -2.35. The normalized spacial score (nSPS) is 19.4. The van der Waals surface area contributed by atoms with Crippen molar-refractivity contribution in [3.63, 3.8) is 0 Å². The van der Waals surface area contributed by atoms with Crippen molar-refractivity contribution in [1.29, 1.82) is 0 Å². The molecular weight excluding hydrogens is 196 g/mol. The second-order valence-corrected chi connectivity index (χ2v) is 3.67. The maximum atomic E-state index is 11.6. The minimum absolute atomic E-state index is 0.0962. The average Bonchev–Trinajstić information content (AvgIpc) is 2.21. The van der Waals surface area contributed by atoms with E-state index in [0.717, 1.165) is 0 Å². The van der Waals surface area contributed by atoms with Crippen molar-refractivity contribution in [2.75, 3.05) is 19.6 Å². The quantitative estimate of drug-likeness (QED) is 0.601. The highest BCUT2D eigenvalue weighted by atomic mass is 16.2. The van der Waals surface area contributed by atoms with Gasteiger partial charge in [0.15, 0.2) is 5.78 Å². The molecule has 0 radical (unpaired) electrons. The number of hydrogen-bond acceptors (Lipinski definition) is 3. The van der Waals surface area contributed by atoms with Crippen LogP contribution in [0.3, 0.4) is 0 Å². The summed E-state index contributed by atoms with van der Waals surface area (Å²) in [4.78, 5) is 37.1. The van der Waals surface area contributed by atoms with Crippen molar-refractivity contribution in [1.82, 2.24) is 9.80 Å². The van der Waals surface area contributed by atoms with Crippen LogP contribution < -0.4 is 0 Å². The number of ketones is 1. The molecule has 1 heterocycles. The van der Waals surface area contributed by atoms with E-state index < -0.39 is 17.9 Å². The Hall–Kier alpha value is -1.39. The molecule has 1 rings (SSSR count). The molecule has 1 saturated heterocycles. The lowest BCUT2D eigenvalue weighted by molar-refractivity contribution is -0.158. The number of hydrogen-bond donors (Lipinski definition) is 0. The van der Waals surface area contributed by atoms with Crippen LogP contribution in [0.15, 0.2) is 0 Å². The Morgan fingerprint density at radius 1 is 1.33 bits per heavy atom. The van der Waals surface area contributed by atoms with Gasteiger partial charge in [-0.1, -0.05) is 0 Å². The van der Waals surface area contributed by atoms with E-state index in [1.807, 2.05) is 6.92 Å². The van der Waals surface area contributed by atoms with E-state index in [1.54, 1.807) is 6.92 Å². The number of carbonyl (C=O) groups is 3. The van der Waals surface area contributed by atoms with Crippen LogP contribution in [0.2, 0.25) is 0 Å². The molecule has 15 heavy (non-hydrogen) atoms. The predicted molar refractivity (Wildman–Crippen MR) is 54.1 cm³/mol. The molecule has 5 heteroatoms. The van der Waals surface area contributed by atoms with Crippen LogP contribution in [0.25, 0.3) is 0 Å². The Balaban J connectivity index is 2.77. The van der Waals surface area contributed by atoms with E-state index in [4.69, 9.17) is 0 Å². The summed E-state index contributed by atoms with van der Waals surface area (Å²) in [6.45, 7) is 6.39. The summed E-state index contributed by atoms with van der Waals surface area (Å²) >= 11 is 0. The van der Waals surface area contributed by atoms with Crippen LogP contribution in [0.4, 0.5) is 0 Å². The maximum absolute atomic E-state index is 11.6. The highest BCUT2D eigenvalue weighted by Gasteiger charge is 2.35. The molecule has 2 amide bonds. The number of nitrogens with zero attached hydrogens (tertiary/aromatic N) is 2. The lowest BCUT2D eigenvalue weighted by atomic mass is 10.1. The molecule has 0 saturated carbocycles. The SMILES string of the molecule is CCN1CCN(C(C)C(C)=O)C(=O)C1=O. The zero-order chi connectivity index (χ0) is 11.6. The number of rotatable bonds is 3. The summed E-state index contributed by atoms with van der Waals surface area (Å²) in [5, 5.41) is 0. The summed E-state index contributed by atoms with van der Waals surface area (Å²) in [6.07, 6.45) is 0. The molecule has 1 unspecified atom stereocenters. The second kappa shape index (κ2) is 4.42. The van der Waals surface area contributed by atoms with Crippen molar-refractivity contribution in [2.45, 2.75) is 26.8 Å². The third kappa shape index (κ3) is 2.16. The molecule has 0 N–H and O–H groups in total. The minimum Gasteiger partial charge on any atom is -0.333 e. The number of piperazine rings is 1. The van der Waals surface area contributed by atoms with Crippen LogP contribution >= 0.6 is 0 Å². The number of amides is 2. The zero-order valence-electron chi connectivity index (χ0n) is 9.32. The van der Waals surface area contributed by atoms with Crippen molar-refractivity contribution >= 4 is 17.6 Å². The van der Waals surface area contributed by atoms with Crippen molar-refractivity contribution in [2.24, 2.45) is 0 Å². The van der Waals surface area contributed by atoms with Gasteiger partial charge in [0.1, 0.15) is 0 Å². The number of likely N-dealkylation sites (N-methyl/N-ethyl adjacent to an activating group) is 1. The highest BCUT2D eigenvalue weighted by Crippen LogP contribution is 2.09. The fourth-order valence-electron chi connectivity index (χ4n) is 1.58. The number of carbonyl (C=O) groups excluding carboxylic acids is 3. The van der Waals surface area contributed by atoms with Gasteiger partial charge in [0.2, 0.25) is 0 Å². The fraction of sp³-hybridized carbons (Fsp3) is 0.700. The molecule has 0 aromatic rings. The van der Waals surface area contributed by atoms with Crippen molar-refractivity contribution < 1.29 is 14.4 Å². The van der Waals surface area contributed by atoms with E-state index in [1.165, 1.54) is 16.7 Å². The zero-order valence-corrected chi connectivity index (χ0v) is 9.32. The first kappa shape index (κ1) is 11.7. The van der Waals surface area contributed by atoms with Gasteiger partial charge in [-0.05, 0) is 20.8 Å². The molecule has 0 aliphatic carbocycles. The smallest absolute Gasteiger partial charge is 0.312 e. The average molecular weight is 212 g/mol. The van der Waals surface area contributed by atoms with Crippen LogP contribution in [0.5, 0.6) is 0 Å². The standard InChI is InChI=1S/C10H16N2O3/c1-4-11-5-6-12(7(2)8(3)13)10(15)9(11)14/h7H,4-6H2,1-3H3. The third-order valence-corrected chi connectivity index (χ3v) is 2.78. The summed E-state index contributed by atoms with van der Waals surface area (Å²) in [5.74, 6) is -1.16. The molecule has 0 aromatic heterocycles. The molecular formula is C10H16N2O3. The monoisotopic (exact) mass is 212 g/mol. The molecule has 0 aromatic carbocycles. The van der Waals surface area contributed by atoms with Gasteiger partial charge in [-0.25, -0.2) is 0 Å². The first-order valence-electron chi connectivity index (χ1n) is 5.09. The van der Waals surface area contributed by atoms with E-state index >= 15 is 0 Å². The first-order chi connectivity index (χ1) is 6.99. The molecule has 1 atom stereocenters. The van der Waals surface area contributed by atoms with Gasteiger partial charge in [-0.2, -0.15) is 0 Å². The van der Waals surface area contributed by atoms with Gasteiger partial charge in [0.25, 0.3) is 0 Å². The van der Waals surface area contributed by atoms with E-state index in [-0.39, 0.29) is 5.78 Å².